The summed E-state index contributed by atoms with van der Waals surface area (Å²) in [5.41, 5.74) is 2.47. The van der Waals surface area contributed by atoms with E-state index in [1.807, 2.05) is 17.5 Å². The molecule has 1 heterocycles. The molecule has 0 aliphatic rings. The van der Waals surface area contributed by atoms with E-state index in [-0.39, 0.29) is 5.02 Å². The predicted molar refractivity (Wildman–Crippen MR) is 109 cm³/mol. The number of ether oxygens (including phenoxy) is 2. The second kappa shape index (κ2) is 8.74. The Morgan fingerprint density at radius 1 is 1.21 bits per heavy atom. The molecule has 0 fully saturated rings. The zero-order chi connectivity index (χ0) is 20.1. The van der Waals surface area contributed by atoms with E-state index in [2.05, 4.69) is 16.4 Å². The number of hydrogen-bond acceptors (Lipinski definition) is 6. The van der Waals surface area contributed by atoms with E-state index < -0.39 is 5.82 Å². The Kier molecular flexibility index (Phi) is 6.14. The van der Waals surface area contributed by atoms with Crippen molar-refractivity contribution < 1.29 is 13.9 Å². The summed E-state index contributed by atoms with van der Waals surface area (Å²) in [6.07, 6.45) is 1.51. The van der Waals surface area contributed by atoms with Gasteiger partial charge in [0, 0.05) is 22.8 Å². The van der Waals surface area contributed by atoms with Crippen molar-refractivity contribution in [3.8, 4) is 28.8 Å². The molecule has 0 saturated carbocycles. The normalized spacial score (nSPS) is 11.0. The second-order valence-electron chi connectivity index (χ2n) is 5.55. The molecule has 142 valence electrons. The summed E-state index contributed by atoms with van der Waals surface area (Å²) >= 11 is 7.11. The van der Waals surface area contributed by atoms with Gasteiger partial charge >= 0.3 is 0 Å². The van der Waals surface area contributed by atoms with E-state index in [9.17, 15) is 9.65 Å². The average molecular weight is 416 g/mol. The number of aromatic nitrogens is 1. The fourth-order valence-corrected chi connectivity index (χ4v) is 3.38. The van der Waals surface area contributed by atoms with Gasteiger partial charge in [-0.3, -0.25) is 0 Å². The van der Waals surface area contributed by atoms with Crippen molar-refractivity contribution in [1.82, 2.24) is 4.98 Å². The number of benzene rings is 2. The van der Waals surface area contributed by atoms with Gasteiger partial charge in [-0.2, -0.15) is 5.26 Å². The molecule has 3 aromatic rings. The molecule has 0 aliphatic heterocycles. The van der Waals surface area contributed by atoms with Crippen molar-refractivity contribution in [2.75, 3.05) is 19.5 Å². The van der Waals surface area contributed by atoms with Crippen LogP contribution in [0.3, 0.4) is 0 Å². The molecule has 2 aromatic carbocycles. The van der Waals surface area contributed by atoms with Crippen molar-refractivity contribution in [2.45, 2.75) is 0 Å². The Labute approximate surface area is 170 Å². The van der Waals surface area contributed by atoms with Crippen molar-refractivity contribution >= 4 is 34.2 Å². The van der Waals surface area contributed by atoms with Gasteiger partial charge in [0.25, 0.3) is 0 Å². The first kappa shape index (κ1) is 19.7. The Hall–Kier alpha value is -3.08. The lowest BCUT2D eigenvalue weighted by atomic mass is 10.1. The highest BCUT2D eigenvalue weighted by Gasteiger charge is 2.12. The zero-order valence-electron chi connectivity index (χ0n) is 15.0. The fraction of sp³-hybridized carbons (Fsp3) is 0.100. The van der Waals surface area contributed by atoms with Gasteiger partial charge < -0.3 is 14.8 Å². The van der Waals surface area contributed by atoms with Gasteiger partial charge in [-0.15, -0.1) is 11.3 Å². The Balaban J connectivity index is 1.85. The fourth-order valence-electron chi connectivity index (χ4n) is 2.41. The lowest BCUT2D eigenvalue weighted by molar-refractivity contribution is 0.355. The highest BCUT2D eigenvalue weighted by molar-refractivity contribution is 7.11. The summed E-state index contributed by atoms with van der Waals surface area (Å²) < 4.78 is 23.8. The van der Waals surface area contributed by atoms with Crippen LogP contribution in [-0.4, -0.2) is 19.2 Å². The summed E-state index contributed by atoms with van der Waals surface area (Å²) in [5, 5.41) is 14.8. The van der Waals surface area contributed by atoms with Gasteiger partial charge in [-0.1, -0.05) is 11.6 Å². The second-order valence-corrected chi connectivity index (χ2v) is 6.82. The first-order valence-corrected chi connectivity index (χ1v) is 9.31. The molecule has 3 rings (SSSR count). The number of thiazole rings is 1. The molecule has 0 radical (unpaired) electrons. The van der Waals surface area contributed by atoms with E-state index in [0.29, 0.717) is 33.5 Å². The van der Waals surface area contributed by atoms with Crippen molar-refractivity contribution in [3.63, 3.8) is 0 Å². The van der Waals surface area contributed by atoms with Crippen LogP contribution >= 0.6 is 22.9 Å². The van der Waals surface area contributed by atoms with Crippen LogP contribution in [0, 0.1) is 17.1 Å². The third kappa shape index (κ3) is 4.25. The molecule has 0 amide bonds. The topological polar surface area (TPSA) is 67.2 Å². The molecule has 0 atom stereocenters. The SMILES string of the molecule is COc1ccc(-c2csc(/C(C#N)=C\Nc3ccc(F)c(Cl)c3)n2)cc1OC. The van der Waals surface area contributed by atoms with Crippen molar-refractivity contribution in [1.29, 1.82) is 5.26 Å². The summed E-state index contributed by atoms with van der Waals surface area (Å²) in [4.78, 5) is 4.53. The molecule has 8 heteroatoms. The molecule has 0 bridgehead atoms. The third-order valence-corrected chi connectivity index (χ3v) is 5.00. The first-order chi connectivity index (χ1) is 13.5. The number of halogens is 2. The largest absolute Gasteiger partial charge is 0.493 e. The van der Waals surface area contributed by atoms with E-state index in [4.69, 9.17) is 21.1 Å². The molecule has 5 nitrogen and oxygen atoms in total. The maximum absolute atomic E-state index is 13.2. The minimum atomic E-state index is -0.504. The lowest BCUT2D eigenvalue weighted by Crippen LogP contribution is -1.92. The van der Waals surface area contributed by atoms with E-state index in [1.54, 1.807) is 20.3 Å². The average Bonchev–Trinajstić information content (AvgIpc) is 3.20. The quantitative estimate of drug-likeness (QED) is 0.531. The van der Waals surface area contributed by atoms with Crippen LogP contribution in [0.2, 0.25) is 5.02 Å². The summed E-state index contributed by atoms with van der Waals surface area (Å²) in [6.45, 7) is 0. The number of nitrogens with one attached hydrogen (secondary N) is 1. The number of allylic oxidation sites excluding steroid dienone is 1. The maximum Gasteiger partial charge on any atom is 0.161 e. The smallest absolute Gasteiger partial charge is 0.161 e. The minimum absolute atomic E-state index is 0.00176. The molecule has 0 aliphatic carbocycles. The standard InChI is InChI=1S/C20H15ClFN3O2S/c1-26-18-6-3-12(7-19(18)27-2)17-11-28-20(25-17)13(9-23)10-24-14-4-5-16(22)15(21)8-14/h3-8,10-11,24H,1-2H3/b13-10-. The van der Waals surface area contributed by atoms with Crippen LogP contribution in [0.25, 0.3) is 16.8 Å². The molecule has 0 saturated heterocycles. The van der Waals surface area contributed by atoms with Crippen LogP contribution in [0.15, 0.2) is 48.0 Å². The van der Waals surface area contributed by atoms with Gasteiger partial charge in [0.15, 0.2) is 11.5 Å². The van der Waals surface area contributed by atoms with Crippen molar-refractivity contribution in [3.05, 3.63) is 63.8 Å². The molecular formula is C20H15ClFN3O2S. The Morgan fingerprint density at radius 3 is 2.68 bits per heavy atom. The summed E-state index contributed by atoms with van der Waals surface area (Å²) in [6, 6.07) is 11.8. The Morgan fingerprint density at radius 2 is 2.00 bits per heavy atom. The number of rotatable bonds is 6. The number of nitrogens with zero attached hydrogens (tertiary/aromatic N) is 2. The zero-order valence-corrected chi connectivity index (χ0v) is 16.6. The lowest BCUT2D eigenvalue weighted by Gasteiger charge is -2.08. The highest BCUT2D eigenvalue weighted by Crippen LogP contribution is 2.33. The number of hydrogen-bond donors (Lipinski definition) is 1. The first-order valence-electron chi connectivity index (χ1n) is 8.06. The molecule has 1 N–H and O–H groups in total. The number of methoxy groups -OCH3 is 2. The van der Waals surface area contributed by atoms with E-state index >= 15 is 0 Å². The van der Waals surface area contributed by atoms with Crippen LogP contribution < -0.4 is 14.8 Å². The molecule has 1 aromatic heterocycles. The number of anilines is 1. The maximum atomic E-state index is 13.2. The van der Waals surface area contributed by atoms with Crippen LogP contribution in [0.1, 0.15) is 5.01 Å². The monoisotopic (exact) mass is 415 g/mol. The van der Waals surface area contributed by atoms with Crippen LogP contribution in [0.5, 0.6) is 11.5 Å². The summed E-state index contributed by atoms with van der Waals surface area (Å²) in [7, 11) is 3.14. The Bertz CT molecular complexity index is 1080. The predicted octanol–water partition coefficient (Wildman–Crippen LogP) is 5.60. The molecule has 28 heavy (non-hydrogen) atoms. The van der Waals surface area contributed by atoms with Crippen LogP contribution in [0.4, 0.5) is 10.1 Å². The molecular weight excluding hydrogens is 401 g/mol. The van der Waals surface area contributed by atoms with Gasteiger partial charge in [0.05, 0.1) is 24.9 Å². The van der Waals surface area contributed by atoms with Gasteiger partial charge in [0.1, 0.15) is 22.5 Å². The van der Waals surface area contributed by atoms with Gasteiger partial charge in [0.2, 0.25) is 0 Å². The minimum Gasteiger partial charge on any atom is -0.493 e. The molecule has 0 spiro atoms. The number of nitriles is 1. The van der Waals surface area contributed by atoms with E-state index in [0.717, 1.165) is 5.56 Å². The highest BCUT2D eigenvalue weighted by atomic mass is 35.5. The molecule has 0 unspecified atom stereocenters. The van der Waals surface area contributed by atoms with Gasteiger partial charge in [-0.05, 0) is 36.4 Å². The summed E-state index contributed by atoms with van der Waals surface area (Å²) in [5.74, 6) is 0.720. The van der Waals surface area contributed by atoms with Gasteiger partial charge in [-0.25, -0.2) is 9.37 Å². The van der Waals surface area contributed by atoms with E-state index in [1.165, 1.54) is 35.7 Å². The third-order valence-electron chi connectivity index (χ3n) is 3.84. The van der Waals surface area contributed by atoms with Crippen LogP contribution in [-0.2, 0) is 0 Å². The van der Waals surface area contributed by atoms with Crippen molar-refractivity contribution in [2.24, 2.45) is 0 Å².